The Labute approximate surface area is 109 Å². The van der Waals surface area contributed by atoms with Gasteiger partial charge in [0.2, 0.25) is 11.8 Å². The second-order valence-electron chi connectivity index (χ2n) is 4.85. The van der Waals surface area contributed by atoms with Crippen LogP contribution in [0.25, 0.3) is 0 Å². The lowest BCUT2D eigenvalue weighted by atomic mass is 10.1. The highest BCUT2D eigenvalue weighted by Gasteiger charge is 2.31. The Morgan fingerprint density at radius 3 is 2.47 bits per heavy atom. The molecule has 110 valence electrons. The van der Waals surface area contributed by atoms with Gasteiger partial charge in [-0.3, -0.25) is 9.59 Å². The summed E-state index contributed by atoms with van der Waals surface area (Å²) >= 11 is 0. The number of carbonyl (C=O) groups excluding carboxylic acids is 2. The summed E-state index contributed by atoms with van der Waals surface area (Å²) in [6, 6.07) is -0.229. The molecule has 0 heterocycles. The van der Waals surface area contributed by atoms with Gasteiger partial charge in [-0.15, -0.1) is 0 Å². The molecule has 1 aliphatic carbocycles. The van der Waals surface area contributed by atoms with E-state index in [0.29, 0.717) is 5.92 Å². The molecular formula is C11H18F3N3O2. The van der Waals surface area contributed by atoms with E-state index in [0.717, 1.165) is 17.7 Å². The van der Waals surface area contributed by atoms with Crippen LogP contribution in [0.1, 0.15) is 19.3 Å². The van der Waals surface area contributed by atoms with Crippen molar-refractivity contribution in [2.45, 2.75) is 31.5 Å². The number of alkyl halides is 3. The molecule has 1 rings (SSSR count). The van der Waals surface area contributed by atoms with Gasteiger partial charge in [0, 0.05) is 19.5 Å². The fraction of sp³-hybridized carbons (Fsp3) is 0.818. The van der Waals surface area contributed by atoms with E-state index in [1.165, 1.54) is 7.05 Å². The van der Waals surface area contributed by atoms with Crippen LogP contribution in [0.4, 0.5) is 13.2 Å². The maximum Gasteiger partial charge on any atom is 0.405 e. The van der Waals surface area contributed by atoms with Gasteiger partial charge in [0.05, 0.1) is 6.54 Å². The van der Waals surface area contributed by atoms with Gasteiger partial charge < -0.3 is 16.0 Å². The molecule has 0 aliphatic heterocycles. The van der Waals surface area contributed by atoms with E-state index < -0.39 is 25.2 Å². The van der Waals surface area contributed by atoms with Crippen LogP contribution in [-0.4, -0.2) is 49.1 Å². The number of amides is 2. The van der Waals surface area contributed by atoms with Crippen LogP contribution in [0.5, 0.6) is 0 Å². The Morgan fingerprint density at radius 2 is 2.00 bits per heavy atom. The number of carbonyl (C=O) groups is 2. The second-order valence-corrected chi connectivity index (χ2v) is 4.85. The van der Waals surface area contributed by atoms with Crippen molar-refractivity contribution in [2.75, 3.05) is 20.1 Å². The van der Waals surface area contributed by atoms with Crippen LogP contribution in [0.3, 0.4) is 0 Å². The van der Waals surface area contributed by atoms with Crippen molar-refractivity contribution in [1.82, 2.24) is 10.2 Å². The van der Waals surface area contributed by atoms with Crippen molar-refractivity contribution in [3.05, 3.63) is 0 Å². The van der Waals surface area contributed by atoms with Crippen LogP contribution in [0.2, 0.25) is 0 Å². The van der Waals surface area contributed by atoms with E-state index in [4.69, 9.17) is 5.73 Å². The molecule has 1 saturated carbocycles. The number of likely N-dealkylation sites (N-methyl/N-ethyl adjacent to an activating group) is 1. The zero-order chi connectivity index (χ0) is 14.6. The maximum absolute atomic E-state index is 11.9. The monoisotopic (exact) mass is 281 g/mol. The Morgan fingerprint density at radius 1 is 1.42 bits per heavy atom. The topological polar surface area (TPSA) is 75.4 Å². The SMILES string of the molecule is CN(CC(=O)NCC(F)(F)F)C(=O)CC(N)C1CC1. The van der Waals surface area contributed by atoms with Gasteiger partial charge in [-0.1, -0.05) is 0 Å². The molecule has 1 aliphatic rings. The van der Waals surface area contributed by atoms with Gasteiger partial charge in [0.15, 0.2) is 0 Å². The average molecular weight is 281 g/mol. The standard InChI is InChI=1S/C11H18F3N3O2/c1-17(5-9(18)16-6-11(12,13)14)10(19)4-8(15)7-2-3-7/h7-8H,2-6,15H2,1H3,(H,16,18). The van der Waals surface area contributed by atoms with Gasteiger partial charge in [0.25, 0.3) is 0 Å². The molecule has 0 bridgehead atoms. The first-order valence-electron chi connectivity index (χ1n) is 6.02. The molecule has 3 N–H and O–H groups in total. The highest BCUT2D eigenvalue weighted by atomic mass is 19.4. The Hall–Kier alpha value is -1.31. The molecule has 0 radical (unpaired) electrons. The fourth-order valence-electron chi connectivity index (χ4n) is 1.61. The van der Waals surface area contributed by atoms with Crippen molar-refractivity contribution >= 4 is 11.8 Å². The lowest BCUT2D eigenvalue weighted by Crippen LogP contribution is -2.43. The normalized spacial score (nSPS) is 16.9. The number of nitrogens with one attached hydrogen (secondary N) is 1. The minimum Gasteiger partial charge on any atom is -0.345 e. The van der Waals surface area contributed by atoms with Gasteiger partial charge in [-0.2, -0.15) is 13.2 Å². The van der Waals surface area contributed by atoms with E-state index in [2.05, 4.69) is 0 Å². The molecule has 2 amide bonds. The Kier molecular flexibility index (Phi) is 5.16. The van der Waals surface area contributed by atoms with Crippen molar-refractivity contribution in [2.24, 2.45) is 11.7 Å². The predicted molar refractivity (Wildman–Crippen MR) is 62.0 cm³/mol. The van der Waals surface area contributed by atoms with E-state index >= 15 is 0 Å². The summed E-state index contributed by atoms with van der Waals surface area (Å²) in [7, 11) is 1.37. The molecule has 1 unspecified atom stereocenters. The zero-order valence-corrected chi connectivity index (χ0v) is 10.7. The highest BCUT2D eigenvalue weighted by molar-refractivity contribution is 5.84. The fourth-order valence-corrected chi connectivity index (χ4v) is 1.61. The minimum atomic E-state index is -4.45. The van der Waals surface area contributed by atoms with E-state index in [-0.39, 0.29) is 18.4 Å². The Balaban J connectivity index is 2.26. The summed E-state index contributed by atoms with van der Waals surface area (Å²) in [6.45, 7) is -1.79. The first-order valence-corrected chi connectivity index (χ1v) is 6.02. The first-order chi connectivity index (χ1) is 8.69. The van der Waals surface area contributed by atoms with E-state index in [1.807, 2.05) is 0 Å². The van der Waals surface area contributed by atoms with Crippen molar-refractivity contribution < 1.29 is 22.8 Å². The third-order valence-corrected chi connectivity index (χ3v) is 2.93. The largest absolute Gasteiger partial charge is 0.405 e. The smallest absolute Gasteiger partial charge is 0.345 e. The van der Waals surface area contributed by atoms with Gasteiger partial charge >= 0.3 is 6.18 Å². The van der Waals surface area contributed by atoms with Crippen LogP contribution in [0, 0.1) is 5.92 Å². The van der Waals surface area contributed by atoms with Gasteiger partial charge in [-0.05, 0) is 18.8 Å². The lowest BCUT2D eigenvalue weighted by molar-refractivity contribution is -0.141. The number of nitrogens with zero attached hydrogens (tertiary/aromatic N) is 1. The third kappa shape index (κ3) is 6.42. The van der Waals surface area contributed by atoms with E-state index in [1.54, 1.807) is 5.32 Å². The highest BCUT2D eigenvalue weighted by Crippen LogP contribution is 2.32. The Bertz CT molecular complexity index is 343. The summed E-state index contributed by atoms with van der Waals surface area (Å²) in [6.07, 6.45) is -2.32. The lowest BCUT2D eigenvalue weighted by Gasteiger charge is -2.19. The van der Waals surface area contributed by atoms with Crippen LogP contribution < -0.4 is 11.1 Å². The quantitative estimate of drug-likeness (QED) is 0.733. The third-order valence-electron chi connectivity index (χ3n) is 2.93. The zero-order valence-electron chi connectivity index (χ0n) is 10.7. The first kappa shape index (κ1) is 15.7. The molecule has 5 nitrogen and oxygen atoms in total. The molecule has 0 saturated heterocycles. The molecule has 19 heavy (non-hydrogen) atoms. The molecule has 0 spiro atoms. The summed E-state index contributed by atoms with van der Waals surface area (Å²) in [4.78, 5) is 24.0. The molecule has 1 fully saturated rings. The number of hydrogen-bond donors (Lipinski definition) is 2. The molecule has 1 atom stereocenters. The van der Waals surface area contributed by atoms with Crippen molar-refractivity contribution in [1.29, 1.82) is 0 Å². The van der Waals surface area contributed by atoms with Crippen molar-refractivity contribution in [3.63, 3.8) is 0 Å². The molecule has 8 heteroatoms. The summed E-state index contributed by atoms with van der Waals surface area (Å²) in [5.41, 5.74) is 5.77. The minimum absolute atomic E-state index is 0.119. The van der Waals surface area contributed by atoms with Gasteiger partial charge in [-0.25, -0.2) is 0 Å². The van der Waals surface area contributed by atoms with Crippen molar-refractivity contribution in [3.8, 4) is 0 Å². The molecule has 0 aromatic heterocycles. The summed E-state index contributed by atoms with van der Waals surface area (Å²) < 4.78 is 35.6. The van der Waals surface area contributed by atoms with Gasteiger partial charge in [0.1, 0.15) is 6.54 Å². The predicted octanol–water partition coefficient (Wildman–Crippen LogP) is 0.251. The van der Waals surface area contributed by atoms with Crippen LogP contribution in [0.15, 0.2) is 0 Å². The number of nitrogens with two attached hydrogens (primary N) is 1. The van der Waals surface area contributed by atoms with Crippen LogP contribution in [-0.2, 0) is 9.59 Å². The molecule has 0 aromatic carbocycles. The number of rotatable bonds is 6. The van der Waals surface area contributed by atoms with Crippen LogP contribution >= 0.6 is 0 Å². The summed E-state index contributed by atoms with van der Waals surface area (Å²) in [5, 5.41) is 1.71. The second kappa shape index (κ2) is 6.23. The number of hydrogen-bond acceptors (Lipinski definition) is 3. The molecular weight excluding hydrogens is 263 g/mol. The van der Waals surface area contributed by atoms with E-state index in [9.17, 15) is 22.8 Å². The average Bonchev–Trinajstić information content (AvgIpc) is 3.08. The number of halogens is 3. The molecule has 0 aromatic rings. The summed E-state index contributed by atoms with van der Waals surface area (Å²) in [5.74, 6) is -0.814. The maximum atomic E-state index is 11.9.